The van der Waals surface area contributed by atoms with Gasteiger partial charge < -0.3 is 14.8 Å². The molecular formula is C20H23N3O8. The quantitative estimate of drug-likeness (QED) is 0.282. The van der Waals surface area contributed by atoms with E-state index >= 15 is 0 Å². The van der Waals surface area contributed by atoms with Gasteiger partial charge in [0.25, 0.3) is 11.6 Å². The number of carbonyl (C=O) groups excluding carboxylic acids is 4. The van der Waals surface area contributed by atoms with Gasteiger partial charge in [0, 0.05) is 0 Å². The summed E-state index contributed by atoms with van der Waals surface area (Å²) in [5.41, 5.74) is -0.454. The van der Waals surface area contributed by atoms with E-state index in [1.807, 2.05) is 0 Å². The summed E-state index contributed by atoms with van der Waals surface area (Å²) in [6.45, 7) is 0.781. The summed E-state index contributed by atoms with van der Waals surface area (Å²) in [4.78, 5) is 60.4. The van der Waals surface area contributed by atoms with Gasteiger partial charge in [-0.1, -0.05) is 12.8 Å². The van der Waals surface area contributed by atoms with E-state index in [4.69, 9.17) is 9.47 Å². The van der Waals surface area contributed by atoms with Crippen molar-refractivity contribution in [1.82, 2.24) is 4.90 Å². The summed E-state index contributed by atoms with van der Waals surface area (Å²) in [6.07, 6.45) is 3.00. The zero-order valence-corrected chi connectivity index (χ0v) is 17.0. The van der Waals surface area contributed by atoms with Gasteiger partial charge in [0.2, 0.25) is 11.8 Å². The number of fused-ring (bicyclic) bond motifs is 1. The second kappa shape index (κ2) is 9.54. The molecule has 1 N–H and O–H groups in total. The second-order valence-corrected chi connectivity index (χ2v) is 7.34. The molecule has 11 heteroatoms. The molecule has 11 nitrogen and oxygen atoms in total. The number of nitrogens with one attached hydrogen (secondary N) is 1. The van der Waals surface area contributed by atoms with Crippen LogP contribution in [0.2, 0.25) is 0 Å². The Morgan fingerprint density at radius 1 is 1.19 bits per heavy atom. The third kappa shape index (κ3) is 4.98. The van der Waals surface area contributed by atoms with Crippen LogP contribution in [0.4, 0.5) is 11.4 Å². The number of esters is 1. The highest BCUT2D eigenvalue weighted by atomic mass is 16.6. The minimum absolute atomic E-state index is 0.0801. The van der Waals surface area contributed by atoms with Crippen molar-refractivity contribution in [2.45, 2.75) is 32.6 Å². The Morgan fingerprint density at radius 3 is 2.42 bits per heavy atom. The maximum Gasteiger partial charge on any atom is 0.326 e. The molecule has 0 unspecified atom stereocenters. The molecule has 1 saturated carbocycles. The van der Waals surface area contributed by atoms with Gasteiger partial charge in [-0.3, -0.25) is 34.2 Å². The van der Waals surface area contributed by atoms with Crippen LogP contribution in [0.3, 0.4) is 0 Å². The van der Waals surface area contributed by atoms with Crippen LogP contribution in [0.5, 0.6) is 5.75 Å². The average molecular weight is 433 g/mol. The Hall–Kier alpha value is -3.50. The first-order valence-electron chi connectivity index (χ1n) is 10.0. The zero-order chi connectivity index (χ0) is 22.5. The molecule has 3 rings (SSSR count). The first-order chi connectivity index (χ1) is 14.8. The maximum atomic E-state index is 12.4. The Morgan fingerprint density at radius 2 is 1.84 bits per heavy atom. The largest absolute Gasteiger partial charge is 0.494 e. The Labute approximate surface area is 177 Å². The van der Waals surface area contributed by atoms with Gasteiger partial charge in [0.15, 0.2) is 6.61 Å². The van der Waals surface area contributed by atoms with Gasteiger partial charge in [-0.2, -0.15) is 0 Å². The van der Waals surface area contributed by atoms with Crippen LogP contribution in [0.25, 0.3) is 0 Å². The highest BCUT2D eigenvalue weighted by Crippen LogP contribution is 2.37. The summed E-state index contributed by atoms with van der Waals surface area (Å²) < 4.78 is 10.1. The van der Waals surface area contributed by atoms with Crippen molar-refractivity contribution in [2.24, 2.45) is 11.8 Å². The van der Waals surface area contributed by atoms with Crippen LogP contribution in [0, 0.1) is 22.0 Å². The van der Waals surface area contributed by atoms with Crippen LogP contribution in [0.15, 0.2) is 18.2 Å². The SMILES string of the molecule is CCOc1ccc(NC(=O)COC(=O)CN2C(=O)[C@H]3CCCC[C@H]3C2=O)c([N+](=O)[O-])c1. The van der Waals surface area contributed by atoms with Gasteiger partial charge in [0.05, 0.1) is 29.4 Å². The number of imide groups is 1. The molecule has 0 aromatic heterocycles. The topological polar surface area (TPSA) is 145 Å². The van der Waals surface area contributed by atoms with E-state index in [-0.39, 0.29) is 40.8 Å². The number of hydrogen-bond donors (Lipinski definition) is 1. The third-order valence-corrected chi connectivity index (χ3v) is 5.33. The van der Waals surface area contributed by atoms with Crippen LogP contribution in [-0.2, 0) is 23.9 Å². The molecule has 1 aliphatic carbocycles. The molecule has 3 amide bonds. The van der Waals surface area contributed by atoms with Crippen molar-refractivity contribution in [3.63, 3.8) is 0 Å². The van der Waals surface area contributed by atoms with Crippen molar-refractivity contribution in [3.05, 3.63) is 28.3 Å². The molecule has 0 radical (unpaired) electrons. The first kappa shape index (κ1) is 22.2. The molecule has 2 fully saturated rings. The predicted molar refractivity (Wildman–Crippen MR) is 106 cm³/mol. The monoisotopic (exact) mass is 433 g/mol. The van der Waals surface area contributed by atoms with Crippen molar-refractivity contribution >= 4 is 35.1 Å². The standard InChI is InChI=1S/C20H23N3O8/c1-2-30-12-7-8-15(16(9-12)23(28)29)21-17(24)11-31-18(25)10-22-19(26)13-5-3-4-6-14(13)20(22)27/h7-9,13-14H,2-6,10-11H2,1H3,(H,21,24)/t13-,14+. The highest BCUT2D eigenvalue weighted by molar-refractivity contribution is 6.07. The predicted octanol–water partition coefficient (Wildman–Crippen LogP) is 1.65. The Balaban J connectivity index is 1.54. The fraction of sp³-hybridized carbons (Fsp3) is 0.500. The molecule has 0 bridgehead atoms. The number of carbonyl (C=O) groups is 4. The fourth-order valence-corrected chi connectivity index (χ4v) is 3.92. The van der Waals surface area contributed by atoms with E-state index in [0.717, 1.165) is 17.7 Å². The summed E-state index contributed by atoms with van der Waals surface area (Å²) in [6, 6.07) is 3.95. The molecule has 1 aromatic carbocycles. The van der Waals surface area contributed by atoms with Gasteiger partial charge >= 0.3 is 5.97 Å². The number of rotatable bonds is 8. The molecule has 1 heterocycles. The van der Waals surface area contributed by atoms with Gasteiger partial charge in [0.1, 0.15) is 18.0 Å². The summed E-state index contributed by atoms with van der Waals surface area (Å²) in [5.74, 6) is -2.93. The van der Waals surface area contributed by atoms with Crippen molar-refractivity contribution in [1.29, 1.82) is 0 Å². The van der Waals surface area contributed by atoms with E-state index in [1.165, 1.54) is 18.2 Å². The fourth-order valence-electron chi connectivity index (χ4n) is 3.92. The Kier molecular flexibility index (Phi) is 6.83. The summed E-state index contributed by atoms with van der Waals surface area (Å²) in [5, 5.41) is 13.5. The lowest BCUT2D eigenvalue weighted by Gasteiger charge is -2.19. The van der Waals surface area contributed by atoms with Crippen molar-refractivity contribution in [2.75, 3.05) is 25.1 Å². The normalized spacial score (nSPS) is 20.2. The first-order valence-corrected chi connectivity index (χ1v) is 10.0. The van der Waals surface area contributed by atoms with Gasteiger partial charge in [-0.05, 0) is 31.9 Å². The average Bonchev–Trinajstić information content (AvgIpc) is 2.98. The van der Waals surface area contributed by atoms with Crippen LogP contribution < -0.4 is 10.1 Å². The molecule has 1 saturated heterocycles. The molecule has 31 heavy (non-hydrogen) atoms. The molecular weight excluding hydrogens is 410 g/mol. The number of nitro benzene ring substituents is 1. The molecule has 0 spiro atoms. The molecule has 2 aliphatic rings. The van der Waals surface area contributed by atoms with Crippen LogP contribution in [-0.4, -0.2) is 53.3 Å². The number of likely N-dealkylation sites (tertiary alicyclic amines) is 1. The van der Waals surface area contributed by atoms with Gasteiger partial charge in [-0.25, -0.2) is 0 Å². The van der Waals surface area contributed by atoms with Crippen LogP contribution >= 0.6 is 0 Å². The van der Waals surface area contributed by atoms with E-state index in [1.54, 1.807) is 6.92 Å². The highest BCUT2D eigenvalue weighted by Gasteiger charge is 2.48. The zero-order valence-electron chi connectivity index (χ0n) is 17.0. The second-order valence-electron chi connectivity index (χ2n) is 7.34. The van der Waals surface area contributed by atoms with Gasteiger partial charge in [-0.15, -0.1) is 0 Å². The minimum atomic E-state index is -0.906. The lowest BCUT2D eigenvalue weighted by Crippen LogP contribution is -2.37. The molecule has 166 valence electrons. The number of ether oxygens (including phenoxy) is 2. The van der Waals surface area contributed by atoms with E-state index < -0.39 is 30.0 Å². The number of nitro groups is 1. The maximum absolute atomic E-state index is 12.4. The number of benzene rings is 1. The van der Waals surface area contributed by atoms with E-state index in [0.29, 0.717) is 19.4 Å². The summed E-state index contributed by atoms with van der Waals surface area (Å²) >= 11 is 0. The number of nitrogens with zero attached hydrogens (tertiary/aromatic N) is 2. The number of amides is 3. The molecule has 2 atom stereocenters. The van der Waals surface area contributed by atoms with Crippen molar-refractivity contribution in [3.8, 4) is 5.75 Å². The number of hydrogen-bond acceptors (Lipinski definition) is 8. The third-order valence-electron chi connectivity index (χ3n) is 5.33. The lowest BCUT2D eigenvalue weighted by atomic mass is 9.81. The summed E-state index contributed by atoms with van der Waals surface area (Å²) in [7, 11) is 0. The Bertz CT molecular complexity index is 892. The van der Waals surface area contributed by atoms with Crippen LogP contribution in [0.1, 0.15) is 32.6 Å². The lowest BCUT2D eigenvalue weighted by molar-refractivity contribution is -0.384. The molecule has 1 aliphatic heterocycles. The van der Waals surface area contributed by atoms with E-state index in [2.05, 4.69) is 5.32 Å². The minimum Gasteiger partial charge on any atom is -0.494 e. The smallest absolute Gasteiger partial charge is 0.326 e. The molecule has 1 aromatic rings. The van der Waals surface area contributed by atoms with E-state index in [9.17, 15) is 29.3 Å². The van der Waals surface area contributed by atoms with Crippen molar-refractivity contribution < 1.29 is 33.6 Å². The number of anilines is 1.